The summed E-state index contributed by atoms with van der Waals surface area (Å²) in [5, 5.41) is 2.99. The zero-order valence-electron chi connectivity index (χ0n) is 17.4. The Bertz CT molecular complexity index is 1070. The van der Waals surface area contributed by atoms with Crippen LogP contribution >= 0.6 is 0 Å². The smallest absolute Gasteiger partial charge is 0.221 e. The lowest BCUT2D eigenvalue weighted by Crippen LogP contribution is -2.21. The number of hydrogen-bond acceptors (Lipinski definition) is 4. The maximum Gasteiger partial charge on any atom is 0.221 e. The van der Waals surface area contributed by atoms with Crippen LogP contribution in [0.2, 0.25) is 0 Å². The molecule has 29 heavy (non-hydrogen) atoms. The molecule has 1 aliphatic heterocycles. The maximum absolute atomic E-state index is 12.5. The van der Waals surface area contributed by atoms with E-state index in [1.807, 2.05) is 39.0 Å². The number of aryl methyl sites for hydroxylation is 1. The fraction of sp³-hybridized carbons (Fsp3) is 0.391. The van der Waals surface area contributed by atoms with Crippen LogP contribution in [-0.2, 0) is 11.3 Å². The number of amides is 1. The van der Waals surface area contributed by atoms with E-state index in [9.17, 15) is 4.79 Å². The lowest BCUT2D eigenvalue weighted by Gasteiger charge is -2.22. The molecule has 1 atom stereocenters. The van der Waals surface area contributed by atoms with E-state index in [-0.39, 0.29) is 11.8 Å². The first-order valence-corrected chi connectivity index (χ1v) is 10.2. The first-order valence-electron chi connectivity index (χ1n) is 10.2. The number of aromatic nitrogens is 2. The van der Waals surface area contributed by atoms with Crippen molar-refractivity contribution in [3.8, 4) is 11.5 Å². The normalized spacial score (nSPS) is 16.3. The van der Waals surface area contributed by atoms with Crippen molar-refractivity contribution in [1.82, 2.24) is 14.7 Å². The molecule has 3 aromatic rings. The molecular weight excluding hydrogens is 366 g/mol. The summed E-state index contributed by atoms with van der Waals surface area (Å²) in [6, 6.07) is 8.09. The number of fused-ring (bicyclic) bond motifs is 3. The highest BCUT2D eigenvalue weighted by molar-refractivity contribution is 5.79. The molecule has 0 spiro atoms. The molecular formula is C23H27N3O3. The maximum atomic E-state index is 12.5. The van der Waals surface area contributed by atoms with Crippen molar-refractivity contribution in [1.29, 1.82) is 0 Å². The van der Waals surface area contributed by atoms with E-state index < -0.39 is 0 Å². The van der Waals surface area contributed by atoms with E-state index in [2.05, 4.69) is 28.9 Å². The number of rotatable bonds is 5. The predicted molar refractivity (Wildman–Crippen MR) is 112 cm³/mol. The third kappa shape index (κ3) is 3.43. The number of hydrogen-bond donors (Lipinski definition) is 1. The first-order chi connectivity index (χ1) is 14.0. The lowest BCUT2D eigenvalue weighted by molar-refractivity contribution is -0.121. The molecule has 0 bridgehead atoms. The van der Waals surface area contributed by atoms with E-state index in [0.717, 1.165) is 45.2 Å². The summed E-state index contributed by atoms with van der Waals surface area (Å²) in [6.07, 6.45) is 2.44. The molecule has 4 rings (SSSR count). The van der Waals surface area contributed by atoms with Crippen molar-refractivity contribution in [2.24, 2.45) is 0 Å². The monoisotopic (exact) mass is 393 g/mol. The van der Waals surface area contributed by atoms with Crippen molar-refractivity contribution >= 4 is 11.6 Å². The minimum Gasteiger partial charge on any atom is -0.493 e. The third-order valence-electron chi connectivity index (χ3n) is 5.40. The molecule has 2 aromatic heterocycles. The van der Waals surface area contributed by atoms with Crippen molar-refractivity contribution in [2.45, 2.75) is 46.6 Å². The average Bonchev–Trinajstić information content (AvgIpc) is 2.97. The lowest BCUT2D eigenvalue weighted by atomic mass is 9.89. The van der Waals surface area contributed by atoms with Gasteiger partial charge in [0.2, 0.25) is 5.91 Å². The number of pyridine rings is 1. The minimum absolute atomic E-state index is 0.0170. The Kier molecular flexibility index (Phi) is 5.18. The highest BCUT2D eigenvalue weighted by atomic mass is 16.5. The van der Waals surface area contributed by atoms with Gasteiger partial charge in [-0.1, -0.05) is 12.1 Å². The van der Waals surface area contributed by atoms with Crippen LogP contribution in [0.15, 0.2) is 30.5 Å². The Morgan fingerprint density at radius 2 is 1.93 bits per heavy atom. The Hall–Kier alpha value is -3.02. The first kappa shape index (κ1) is 19.3. The van der Waals surface area contributed by atoms with Gasteiger partial charge in [0.1, 0.15) is 17.1 Å². The molecule has 0 fully saturated rings. The van der Waals surface area contributed by atoms with Crippen molar-refractivity contribution in [3.05, 3.63) is 58.5 Å². The molecule has 3 heterocycles. The van der Waals surface area contributed by atoms with E-state index in [0.29, 0.717) is 26.2 Å². The summed E-state index contributed by atoms with van der Waals surface area (Å²) in [7, 11) is 0. The predicted octanol–water partition coefficient (Wildman–Crippen LogP) is 3.90. The van der Waals surface area contributed by atoms with Gasteiger partial charge in [0.05, 0.1) is 31.1 Å². The van der Waals surface area contributed by atoms with E-state index in [1.54, 1.807) is 0 Å². The largest absolute Gasteiger partial charge is 0.493 e. The van der Waals surface area contributed by atoms with Crippen LogP contribution in [0.4, 0.5) is 0 Å². The van der Waals surface area contributed by atoms with Crippen molar-refractivity contribution in [2.75, 3.05) is 13.2 Å². The van der Waals surface area contributed by atoms with Gasteiger partial charge in [-0.05, 0) is 45.4 Å². The van der Waals surface area contributed by atoms with Gasteiger partial charge in [0, 0.05) is 29.7 Å². The molecule has 152 valence electrons. The number of nitrogens with zero attached hydrogens (tertiary/aromatic N) is 2. The van der Waals surface area contributed by atoms with Gasteiger partial charge in [0.15, 0.2) is 0 Å². The van der Waals surface area contributed by atoms with Gasteiger partial charge in [-0.15, -0.1) is 0 Å². The van der Waals surface area contributed by atoms with Gasteiger partial charge in [-0.2, -0.15) is 0 Å². The molecule has 1 aliphatic rings. The van der Waals surface area contributed by atoms with Gasteiger partial charge >= 0.3 is 0 Å². The average molecular weight is 393 g/mol. The minimum atomic E-state index is -0.153. The van der Waals surface area contributed by atoms with Crippen LogP contribution in [-0.4, -0.2) is 28.5 Å². The number of nitrogens with one attached hydrogen (secondary N) is 1. The number of imidazole rings is 1. The second-order valence-electron chi connectivity index (χ2n) is 7.38. The van der Waals surface area contributed by atoms with Gasteiger partial charge in [-0.25, -0.2) is 4.98 Å². The fourth-order valence-corrected chi connectivity index (χ4v) is 4.13. The van der Waals surface area contributed by atoms with Crippen LogP contribution in [0, 0.1) is 13.8 Å². The molecule has 1 amide bonds. The highest BCUT2D eigenvalue weighted by Crippen LogP contribution is 2.42. The van der Waals surface area contributed by atoms with E-state index in [4.69, 9.17) is 14.5 Å². The zero-order chi connectivity index (χ0) is 20.5. The molecule has 0 radical (unpaired) electrons. The Labute approximate surface area is 170 Å². The molecule has 1 aromatic carbocycles. The Morgan fingerprint density at radius 1 is 1.14 bits per heavy atom. The second kappa shape index (κ2) is 7.78. The van der Waals surface area contributed by atoms with Crippen molar-refractivity contribution < 1.29 is 14.3 Å². The van der Waals surface area contributed by atoms with Gasteiger partial charge < -0.3 is 19.2 Å². The Balaban J connectivity index is 1.95. The molecule has 0 aliphatic carbocycles. The van der Waals surface area contributed by atoms with E-state index >= 15 is 0 Å². The summed E-state index contributed by atoms with van der Waals surface area (Å²) in [4.78, 5) is 17.3. The van der Waals surface area contributed by atoms with Crippen LogP contribution in [0.3, 0.4) is 0 Å². The summed E-state index contributed by atoms with van der Waals surface area (Å²) in [6.45, 7) is 9.58. The summed E-state index contributed by atoms with van der Waals surface area (Å²) < 4.78 is 14.0. The number of ether oxygens (including phenoxy) is 2. The van der Waals surface area contributed by atoms with Crippen LogP contribution in [0.5, 0.6) is 11.5 Å². The molecule has 0 saturated carbocycles. The number of carbonyl (C=O) groups is 1. The van der Waals surface area contributed by atoms with Crippen LogP contribution in [0.1, 0.15) is 54.3 Å². The third-order valence-corrected chi connectivity index (χ3v) is 5.40. The highest BCUT2D eigenvalue weighted by Gasteiger charge is 2.31. The SMILES string of the molecule is CCOc1ccc([C@H]2CC(=O)NCc3nc4ccc(C)cn4c32)c(OCC)c1C. The van der Waals surface area contributed by atoms with Crippen LogP contribution < -0.4 is 14.8 Å². The zero-order valence-corrected chi connectivity index (χ0v) is 17.4. The number of carbonyl (C=O) groups excluding carboxylic acids is 1. The Morgan fingerprint density at radius 3 is 2.69 bits per heavy atom. The molecule has 0 unspecified atom stereocenters. The number of benzene rings is 1. The van der Waals surface area contributed by atoms with Crippen molar-refractivity contribution in [3.63, 3.8) is 0 Å². The molecule has 1 N–H and O–H groups in total. The summed E-state index contributed by atoms with van der Waals surface area (Å²) in [5.74, 6) is 1.47. The second-order valence-corrected chi connectivity index (χ2v) is 7.38. The molecule has 6 nitrogen and oxygen atoms in total. The summed E-state index contributed by atoms with van der Waals surface area (Å²) >= 11 is 0. The fourth-order valence-electron chi connectivity index (χ4n) is 4.13. The quantitative estimate of drug-likeness (QED) is 0.714. The summed E-state index contributed by atoms with van der Waals surface area (Å²) in [5.41, 5.74) is 5.94. The van der Waals surface area contributed by atoms with Gasteiger partial charge in [-0.3, -0.25) is 4.79 Å². The van der Waals surface area contributed by atoms with Gasteiger partial charge in [0.25, 0.3) is 0 Å². The standard InChI is InChI=1S/C23H27N3O3/c1-5-28-19-9-8-16(23(15(19)4)29-6-2)17-11-21(27)24-12-18-22(17)26-13-14(3)7-10-20(26)25-18/h7-10,13,17H,5-6,11-12H2,1-4H3,(H,24,27)/t17-/m1/s1. The molecule has 0 saturated heterocycles. The van der Waals surface area contributed by atoms with E-state index in [1.165, 1.54) is 0 Å². The van der Waals surface area contributed by atoms with Crippen LogP contribution in [0.25, 0.3) is 5.65 Å². The topological polar surface area (TPSA) is 64.9 Å². The molecule has 6 heteroatoms.